The number of thiazole rings is 1. The lowest BCUT2D eigenvalue weighted by Gasteiger charge is -2.14. The molecule has 0 saturated carbocycles. The fourth-order valence-electron chi connectivity index (χ4n) is 3.28. The Morgan fingerprint density at radius 2 is 1.90 bits per heavy atom. The molecule has 0 aliphatic carbocycles. The molecule has 0 N–H and O–H groups in total. The van der Waals surface area contributed by atoms with Crippen LogP contribution in [0.15, 0.2) is 54.0 Å². The fraction of sp³-hybridized carbons (Fsp3) is 0.143. The highest BCUT2D eigenvalue weighted by Gasteiger charge is 2.30. The van der Waals surface area contributed by atoms with Gasteiger partial charge >= 0.3 is 0 Å². The number of anilines is 1. The van der Waals surface area contributed by atoms with E-state index in [1.54, 1.807) is 34.9 Å². The number of benzene rings is 2. The molecule has 0 unspecified atom stereocenters. The van der Waals surface area contributed by atoms with E-state index in [1.165, 1.54) is 17.4 Å². The Labute approximate surface area is 185 Å². The minimum atomic E-state index is -0.498. The Bertz CT molecular complexity index is 1280. The Kier molecular flexibility index (Phi) is 5.60. The van der Waals surface area contributed by atoms with Crippen molar-refractivity contribution in [3.63, 3.8) is 0 Å². The zero-order chi connectivity index (χ0) is 21.4. The summed E-state index contributed by atoms with van der Waals surface area (Å²) in [5.41, 5.74) is 1.32. The highest BCUT2D eigenvalue weighted by molar-refractivity contribution is 7.16. The molecule has 30 heavy (non-hydrogen) atoms. The fourth-order valence-corrected chi connectivity index (χ4v) is 4.80. The molecule has 4 rings (SSSR count). The number of hydrogen-bond donors (Lipinski definition) is 0. The van der Waals surface area contributed by atoms with Gasteiger partial charge in [0.15, 0.2) is 4.80 Å². The van der Waals surface area contributed by atoms with E-state index < -0.39 is 5.91 Å². The van der Waals surface area contributed by atoms with Gasteiger partial charge in [-0.2, -0.15) is 4.99 Å². The number of nitrogens with zero attached hydrogens (tertiary/aromatic N) is 3. The Balaban J connectivity index is 1.79. The maximum atomic E-state index is 12.9. The Morgan fingerprint density at radius 1 is 1.17 bits per heavy atom. The van der Waals surface area contributed by atoms with Gasteiger partial charge in [-0.25, -0.2) is 0 Å². The molecule has 1 saturated heterocycles. The van der Waals surface area contributed by atoms with Crippen LogP contribution < -0.4 is 9.70 Å². The van der Waals surface area contributed by atoms with Crippen LogP contribution in [0.5, 0.6) is 0 Å². The van der Waals surface area contributed by atoms with E-state index in [2.05, 4.69) is 11.6 Å². The van der Waals surface area contributed by atoms with E-state index in [0.717, 1.165) is 9.60 Å². The molecule has 2 aromatic carbocycles. The van der Waals surface area contributed by atoms with Crippen molar-refractivity contribution in [2.45, 2.75) is 19.4 Å². The van der Waals surface area contributed by atoms with Crippen LogP contribution in [0.3, 0.4) is 0 Å². The van der Waals surface area contributed by atoms with Crippen molar-refractivity contribution in [1.82, 2.24) is 4.57 Å². The summed E-state index contributed by atoms with van der Waals surface area (Å²) in [4.78, 5) is 42.7. The summed E-state index contributed by atoms with van der Waals surface area (Å²) < 4.78 is 2.61. The van der Waals surface area contributed by atoms with Gasteiger partial charge in [0.25, 0.3) is 5.91 Å². The van der Waals surface area contributed by atoms with E-state index in [9.17, 15) is 14.4 Å². The van der Waals surface area contributed by atoms with Crippen molar-refractivity contribution in [2.24, 2.45) is 4.99 Å². The Morgan fingerprint density at radius 3 is 2.60 bits per heavy atom. The van der Waals surface area contributed by atoms with Gasteiger partial charge in [-0.15, -0.1) is 6.58 Å². The lowest BCUT2D eigenvalue weighted by atomic mass is 10.2. The summed E-state index contributed by atoms with van der Waals surface area (Å²) in [6.07, 6.45) is 2.03. The molecule has 152 valence electrons. The predicted molar refractivity (Wildman–Crippen MR) is 118 cm³/mol. The van der Waals surface area contributed by atoms with Crippen LogP contribution in [-0.4, -0.2) is 22.3 Å². The molecule has 1 aliphatic heterocycles. The lowest BCUT2D eigenvalue weighted by molar-refractivity contribution is -0.121. The van der Waals surface area contributed by atoms with E-state index >= 15 is 0 Å². The third kappa shape index (κ3) is 3.60. The lowest BCUT2D eigenvalue weighted by Crippen LogP contribution is -2.28. The Hall–Kier alpha value is -2.74. The third-order valence-electron chi connectivity index (χ3n) is 4.65. The summed E-state index contributed by atoms with van der Waals surface area (Å²) in [5.74, 6) is -1.05. The van der Waals surface area contributed by atoms with Crippen LogP contribution in [0.2, 0.25) is 10.0 Å². The van der Waals surface area contributed by atoms with Gasteiger partial charge in [0, 0.05) is 24.9 Å². The molecule has 0 bridgehead atoms. The van der Waals surface area contributed by atoms with Crippen molar-refractivity contribution >= 4 is 68.2 Å². The topological polar surface area (TPSA) is 71.7 Å². The third-order valence-corrected chi connectivity index (χ3v) is 6.48. The van der Waals surface area contributed by atoms with Crippen LogP contribution in [-0.2, 0) is 16.1 Å². The number of carbonyl (C=O) groups is 3. The number of amides is 3. The number of halogens is 2. The summed E-state index contributed by atoms with van der Waals surface area (Å²) >= 11 is 13.8. The van der Waals surface area contributed by atoms with Crippen LogP contribution >= 0.6 is 34.5 Å². The van der Waals surface area contributed by atoms with Gasteiger partial charge < -0.3 is 4.57 Å². The van der Waals surface area contributed by atoms with Crippen LogP contribution in [0.25, 0.3) is 10.2 Å². The molecule has 1 fully saturated rings. The van der Waals surface area contributed by atoms with E-state index in [-0.39, 0.29) is 30.2 Å². The van der Waals surface area contributed by atoms with Crippen molar-refractivity contribution in [2.75, 3.05) is 4.90 Å². The molecule has 1 aliphatic rings. The zero-order valence-corrected chi connectivity index (χ0v) is 17.9. The summed E-state index contributed by atoms with van der Waals surface area (Å²) in [7, 11) is 0. The molecule has 0 atom stereocenters. The summed E-state index contributed by atoms with van der Waals surface area (Å²) in [6.45, 7) is 4.15. The smallest absolute Gasteiger partial charge is 0.279 e. The van der Waals surface area contributed by atoms with Gasteiger partial charge in [0.2, 0.25) is 11.8 Å². The minimum Gasteiger partial charge on any atom is -0.311 e. The average Bonchev–Trinajstić information content (AvgIpc) is 3.25. The SMILES string of the molecule is C=CCn1c(=NC(=O)c2cccc(N3C(=O)CCC3=O)c2)sc2ccc(Cl)c(Cl)c21. The van der Waals surface area contributed by atoms with E-state index in [1.807, 2.05) is 6.07 Å². The predicted octanol–water partition coefficient (Wildman–Crippen LogP) is 4.59. The van der Waals surface area contributed by atoms with Crippen LogP contribution in [0.1, 0.15) is 23.2 Å². The first-order valence-corrected chi connectivity index (χ1v) is 10.6. The van der Waals surface area contributed by atoms with E-state index in [0.29, 0.717) is 32.6 Å². The molecule has 3 amide bonds. The largest absolute Gasteiger partial charge is 0.311 e. The van der Waals surface area contributed by atoms with Crippen molar-refractivity contribution < 1.29 is 14.4 Å². The van der Waals surface area contributed by atoms with Gasteiger partial charge in [-0.1, -0.05) is 46.7 Å². The number of allylic oxidation sites excluding steroid dienone is 1. The second-order valence-electron chi connectivity index (χ2n) is 6.58. The highest BCUT2D eigenvalue weighted by atomic mass is 35.5. The maximum Gasteiger partial charge on any atom is 0.279 e. The first-order valence-electron chi connectivity index (χ1n) is 9.04. The molecule has 1 aromatic heterocycles. The van der Waals surface area contributed by atoms with Crippen LogP contribution in [0.4, 0.5) is 5.69 Å². The number of fused-ring (bicyclic) bond motifs is 1. The summed E-state index contributed by atoms with van der Waals surface area (Å²) in [5, 5.41) is 0.791. The maximum absolute atomic E-state index is 12.9. The molecule has 9 heteroatoms. The van der Waals surface area contributed by atoms with Gasteiger partial charge in [-0.05, 0) is 30.3 Å². The highest BCUT2D eigenvalue weighted by Crippen LogP contribution is 2.32. The van der Waals surface area contributed by atoms with Gasteiger partial charge in [0.05, 0.1) is 25.9 Å². The van der Waals surface area contributed by atoms with Crippen molar-refractivity contribution in [3.8, 4) is 0 Å². The first kappa shape index (κ1) is 20.5. The first-order chi connectivity index (χ1) is 14.4. The van der Waals surface area contributed by atoms with E-state index in [4.69, 9.17) is 23.2 Å². The average molecular weight is 460 g/mol. The molecule has 6 nitrogen and oxygen atoms in total. The van der Waals surface area contributed by atoms with Crippen molar-refractivity contribution in [3.05, 3.63) is 69.5 Å². The molecule has 2 heterocycles. The minimum absolute atomic E-state index is 0.175. The quantitative estimate of drug-likeness (QED) is 0.423. The molecular weight excluding hydrogens is 445 g/mol. The number of rotatable bonds is 4. The number of imide groups is 1. The van der Waals surface area contributed by atoms with Gasteiger partial charge in [0.1, 0.15) is 0 Å². The molecular formula is C21H15Cl2N3O3S. The normalized spacial score (nSPS) is 14.7. The van der Waals surface area contributed by atoms with Crippen molar-refractivity contribution in [1.29, 1.82) is 0 Å². The van der Waals surface area contributed by atoms with Gasteiger partial charge in [-0.3, -0.25) is 19.3 Å². The zero-order valence-electron chi connectivity index (χ0n) is 15.6. The summed E-state index contributed by atoms with van der Waals surface area (Å²) in [6, 6.07) is 9.85. The number of aromatic nitrogens is 1. The molecule has 0 spiro atoms. The monoisotopic (exact) mass is 459 g/mol. The molecule has 3 aromatic rings. The second-order valence-corrected chi connectivity index (χ2v) is 8.38. The van der Waals surface area contributed by atoms with Crippen LogP contribution in [0, 0.1) is 0 Å². The number of hydrogen-bond acceptors (Lipinski definition) is 4. The standard InChI is InChI=1S/C21H15Cl2N3O3S/c1-2-10-25-19-15(7-6-14(22)18(19)23)30-21(25)24-20(29)12-4-3-5-13(11-12)26-16(27)8-9-17(26)28/h2-7,11H,1,8-10H2. The number of carbonyl (C=O) groups excluding carboxylic acids is 3. The molecule has 0 radical (unpaired) electrons. The second kappa shape index (κ2) is 8.18.